The third-order valence-electron chi connectivity index (χ3n) is 14.3. The summed E-state index contributed by atoms with van der Waals surface area (Å²) in [5, 5.41) is 0. The van der Waals surface area contributed by atoms with Gasteiger partial charge in [-0.2, -0.15) is 0 Å². The van der Waals surface area contributed by atoms with Crippen LogP contribution in [0.25, 0.3) is 0 Å². The fraction of sp³-hybridized carbons (Fsp3) is 0.969. The molecule has 0 aliphatic heterocycles. The minimum absolute atomic E-state index is 0.0657. The van der Waals surface area contributed by atoms with Gasteiger partial charge in [0.1, 0.15) is 6.10 Å². The summed E-state index contributed by atoms with van der Waals surface area (Å²) < 4.78 is 5.92. The fourth-order valence-corrected chi connectivity index (χ4v) is 12.1. The van der Waals surface area contributed by atoms with Gasteiger partial charge in [0.2, 0.25) is 0 Å². The third-order valence-corrected chi connectivity index (χ3v) is 14.3. The number of fused-ring (bicyclic) bond motifs is 7. The molecule has 11 atom stereocenters. The molecule has 0 spiro atoms. The lowest BCUT2D eigenvalue weighted by Gasteiger charge is -2.74. The molecule has 194 valence electrons. The van der Waals surface area contributed by atoms with Crippen molar-refractivity contribution < 1.29 is 9.53 Å². The van der Waals surface area contributed by atoms with Crippen LogP contribution < -0.4 is 0 Å². The van der Waals surface area contributed by atoms with Crippen molar-refractivity contribution in [2.24, 2.45) is 62.6 Å². The van der Waals surface area contributed by atoms with Crippen molar-refractivity contribution in [3.8, 4) is 0 Å². The summed E-state index contributed by atoms with van der Waals surface area (Å²) in [5.74, 6) is 4.92. The summed E-state index contributed by atoms with van der Waals surface area (Å²) >= 11 is 0. The molecule has 0 aromatic rings. The molecule has 0 bridgehead atoms. The summed E-state index contributed by atoms with van der Waals surface area (Å²) in [6.45, 7) is 22.4. The van der Waals surface area contributed by atoms with E-state index >= 15 is 0 Å². The molecule has 0 saturated heterocycles. The van der Waals surface area contributed by atoms with Crippen LogP contribution in [0.2, 0.25) is 0 Å². The number of hydrogen-bond donors (Lipinski definition) is 0. The van der Waals surface area contributed by atoms with Gasteiger partial charge in [0.25, 0.3) is 0 Å². The Morgan fingerprint density at radius 2 is 1.44 bits per heavy atom. The van der Waals surface area contributed by atoms with Crippen LogP contribution >= 0.6 is 0 Å². The average molecular weight is 471 g/mol. The van der Waals surface area contributed by atoms with Crippen LogP contribution in [0.5, 0.6) is 0 Å². The van der Waals surface area contributed by atoms with Crippen molar-refractivity contribution in [1.29, 1.82) is 0 Å². The van der Waals surface area contributed by atoms with E-state index in [1.54, 1.807) is 6.92 Å². The van der Waals surface area contributed by atoms with Crippen molar-refractivity contribution in [3.63, 3.8) is 0 Å². The van der Waals surface area contributed by atoms with Crippen molar-refractivity contribution in [3.05, 3.63) is 0 Å². The molecule has 0 aromatic heterocycles. The largest absolute Gasteiger partial charge is 0.462 e. The van der Waals surface area contributed by atoms with Crippen molar-refractivity contribution >= 4 is 5.97 Å². The first-order chi connectivity index (χ1) is 15.7. The Bertz CT molecular complexity index is 831. The minimum Gasteiger partial charge on any atom is -0.462 e. The highest BCUT2D eigenvalue weighted by atomic mass is 16.5. The number of ether oxygens (including phenoxy) is 1. The maximum Gasteiger partial charge on any atom is 0.302 e. The zero-order valence-corrected chi connectivity index (χ0v) is 23.9. The molecule has 0 N–H and O–H groups in total. The molecule has 5 saturated carbocycles. The maximum absolute atomic E-state index is 11.9. The quantitative estimate of drug-likeness (QED) is 0.358. The molecule has 0 amide bonds. The maximum atomic E-state index is 11.9. The molecule has 0 radical (unpaired) electrons. The molecule has 0 aromatic carbocycles. The Kier molecular flexibility index (Phi) is 5.72. The molecule has 2 heteroatoms. The zero-order valence-electron chi connectivity index (χ0n) is 23.9. The SMILES string of the molecule is CC(=O)O[C@H]1CC[C@@]2(C)C3CCC4[C@H]5[C@@H](C)[C@H](C)CC[C@]5(C)CC[C@]4(C)[C@@]3(C)CC[C@@H]2C1(C)C. The second-order valence-electron chi connectivity index (χ2n) is 15.7. The number of carbonyl (C=O) groups excluding carboxylic acids is 1. The normalized spacial score (nSPS) is 56.3. The topological polar surface area (TPSA) is 26.3 Å². The summed E-state index contributed by atoms with van der Waals surface area (Å²) in [6, 6.07) is 0. The van der Waals surface area contributed by atoms with Gasteiger partial charge in [0.15, 0.2) is 0 Å². The third kappa shape index (κ3) is 3.14. The summed E-state index contributed by atoms with van der Waals surface area (Å²) in [6.07, 6.45) is 13.7. The van der Waals surface area contributed by atoms with E-state index in [1.165, 1.54) is 57.8 Å². The van der Waals surface area contributed by atoms with E-state index in [0.717, 1.165) is 36.0 Å². The van der Waals surface area contributed by atoms with E-state index in [-0.39, 0.29) is 17.5 Å². The van der Waals surface area contributed by atoms with Gasteiger partial charge in [-0.3, -0.25) is 4.79 Å². The zero-order chi connectivity index (χ0) is 24.9. The predicted molar refractivity (Wildman–Crippen MR) is 140 cm³/mol. The molecule has 2 unspecified atom stereocenters. The van der Waals surface area contributed by atoms with Gasteiger partial charge in [-0.05, 0) is 121 Å². The summed E-state index contributed by atoms with van der Waals surface area (Å²) in [7, 11) is 0. The van der Waals surface area contributed by atoms with Crippen LogP contribution in [0, 0.1) is 62.6 Å². The van der Waals surface area contributed by atoms with Crippen LogP contribution in [0.15, 0.2) is 0 Å². The summed E-state index contributed by atoms with van der Waals surface area (Å²) in [5.41, 5.74) is 1.91. The van der Waals surface area contributed by atoms with E-state index in [0.29, 0.717) is 27.6 Å². The number of carbonyl (C=O) groups is 1. The van der Waals surface area contributed by atoms with Crippen molar-refractivity contribution in [2.45, 2.75) is 133 Å². The Hall–Kier alpha value is -0.530. The molecule has 5 aliphatic rings. The molecule has 5 fully saturated rings. The number of esters is 1. The van der Waals surface area contributed by atoms with Gasteiger partial charge < -0.3 is 4.74 Å². The van der Waals surface area contributed by atoms with E-state index in [1.807, 2.05) is 0 Å². The highest BCUT2D eigenvalue weighted by molar-refractivity contribution is 5.66. The predicted octanol–water partition coefficient (Wildman–Crippen LogP) is 8.68. The highest BCUT2D eigenvalue weighted by Crippen LogP contribution is 2.77. The molecular formula is C32H54O2. The lowest BCUT2D eigenvalue weighted by atomic mass is 9.31. The van der Waals surface area contributed by atoms with Gasteiger partial charge in [0, 0.05) is 12.3 Å². The number of rotatable bonds is 1. The molecule has 0 heterocycles. The van der Waals surface area contributed by atoms with Crippen molar-refractivity contribution in [1.82, 2.24) is 0 Å². The van der Waals surface area contributed by atoms with Gasteiger partial charge in [-0.25, -0.2) is 0 Å². The van der Waals surface area contributed by atoms with Gasteiger partial charge >= 0.3 is 5.97 Å². The Balaban J connectivity index is 1.49. The van der Waals surface area contributed by atoms with E-state index in [9.17, 15) is 4.79 Å². The second-order valence-corrected chi connectivity index (χ2v) is 15.7. The molecule has 5 rings (SSSR count). The Morgan fingerprint density at radius 1 is 0.735 bits per heavy atom. The first kappa shape index (κ1) is 25.1. The van der Waals surface area contributed by atoms with E-state index in [4.69, 9.17) is 4.74 Å². The molecular weight excluding hydrogens is 416 g/mol. The standard InChI is InChI=1S/C32H54O2/c1-20-12-15-29(6)18-19-31(8)23(27(29)21(20)2)10-11-25-30(7)16-14-26(34-22(3)33)28(4,5)24(30)13-17-32(25,31)9/h20-21,23-27H,10-19H2,1-9H3/t20-,21+,23?,24-,25?,26+,27-,29-,30-,31+,32+/m1/s1. The first-order valence-corrected chi connectivity index (χ1v) is 14.9. The minimum atomic E-state index is -0.101. The average Bonchev–Trinajstić information content (AvgIpc) is 2.74. The van der Waals surface area contributed by atoms with Gasteiger partial charge in [0.05, 0.1) is 0 Å². The summed E-state index contributed by atoms with van der Waals surface area (Å²) in [4.78, 5) is 11.9. The Labute approximate surface area is 210 Å². The second kappa shape index (κ2) is 7.74. The van der Waals surface area contributed by atoms with E-state index in [2.05, 4.69) is 55.4 Å². The smallest absolute Gasteiger partial charge is 0.302 e. The van der Waals surface area contributed by atoms with Crippen molar-refractivity contribution in [2.75, 3.05) is 0 Å². The van der Waals surface area contributed by atoms with Crippen LogP contribution in [0.3, 0.4) is 0 Å². The van der Waals surface area contributed by atoms with E-state index < -0.39 is 0 Å². The van der Waals surface area contributed by atoms with Crippen LogP contribution in [-0.2, 0) is 9.53 Å². The van der Waals surface area contributed by atoms with Gasteiger partial charge in [-0.1, -0.05) is 55.4 Å². The highest BCUT2D eigenvalue weighted by Gasteiger charge is 2.70. The first-order valence-electron chi connectivity index (χ1n) is 14.9. The van der Waals surface area contributed by atoms with Gasteiger partial charge in [-0.15, -0.1) is 0 Å². The lowest BCUT2D eigenvalue weighted by molar-refractivity contribution is -0.257. The van der Waals surface area contributed by atoms with Crippen LogP contribution in [0.1, 0.15) is 127 Å². The van der Waals surface area contributed by atoms with Crippen LogP contribution in [0.4, 0.5) is 0 Å². The molecule has 5 aliphatic carbocycles. The Morgan fingerprint density at radius 3 is 2.12 bits per heavy atom. The molecule has 2 nitrogen and oxygen atoms in total. The fourth-order valence-electron chi connectivity index (χ4n) is 12.1. The number of hydrogen-bond acceptors (Lipinski definition) is 2. The lowest BCUT2D eigenvalue weighted by Crippen LogP contribution is -2.67. The molecule has 34 heavy (non-hydrogen) atoms. The monoisotopic (exact) mass is 470 g/mol. The van der Waals surface area contributed by atoms with Crippen LogP contribution in [-0.4, -0.2) is 12.1 Å².